The summed E-state index contributed by atoms with van der Waals surface area (Å²) in [5, 5.41) is 16.3. The molecule has 3 aromatic heterocycles. The molecule has 0 aromatic carbocycles. The lowest BCUT2D eigenvalue weighted by Gasteiger charge is -2.39. The summed E-state index contributed by atoms with van der Waals surface area (Å²) in [6.07, 6.45) is 12.6. The van der Waals surface area contributed by atoms with E-state index in [1.165, 1.54) is 12.8 Å². The van der Waals surface area contributed by atoms with Crippen LogP contribution in [0.1, 0.15) is 44.6 Å². The van der Waals surface area contributed by atoms with Crippen LogP contribution in [-0.2, 0) is 9.47 Å². The zero-order chi connectivity index (χ0) is 22.7. The van der Waals surface area contributed by atoms with E-state index in [9.17, 15) is 0 Å². The van der Waals surface area contributed by atoms with Gasteiger partial charge in [0.1, 0.15) is 5.52 Å². The third-order valence-corrected chi connectivity index (χ3v) is 7.41. The predicted molar refractivity (Wildman–Crippen MR) is 130 cm³/mol. The number of rotatable bonds is 6. The molecule has 6 rings (SSSR count). The maximum Gasteiger partial charge on any atom is 0.247 e. The Labute approximate surface area is 199 Å². The minimum Gasteiger partial charge on any atom is -0.381 e. The van der Waals surface area contributed by atoms with Gasteiger partial charge < -0.3 is 20.1 Å². The first-order valence-corrected chi connectivity index (χ1v) is 12.6. The van der Waals surface area contributed by atoms with E-state index in [0.29, 0.717) is 24.1 Å². The van der Waals surface area contributed by atoms with E-state index in [0.717, 1.165) is 82.2 Å². The summed E-state index contributed by atoms with van der Waals surface area (Å²) in [7, 11) is 0. The van der Waals surface area contributed by atoms with Gasteiger partial charge in [0, 0.05) is 50.8 Å². The van der Waals surface area contributed by atoms with Crippen molar-refractivity contribution in [2.24, 2.45) is 0 Å². The Morgan fingerprint density at radius 2 is 1.71 bits per heavy atom. The Morgan fingerprint density at radius 1 is 0.912 bits per heavy atom. The van der Waals surface area contributed by atoms with E-state index in [-0.39, 0.29) is 0 Å². The van der Waals surface area contributed by atoms with Crippen LogP contribution in [0.2, 0.25) is 0 Å². The summed E-state index contributed by atoms with van der Waals surface area (Å²) < 4.78 is 14.9. The number of hydrogen-bond donors (Lipinski definition) is 2. The Kier molecular flexibility index (Phi) is 6.35. The highest BCUT2D eigenvalue weighted by atomic mass is 16.5. The van der Waals surface area contributed by atoms with Crippen LogP contribution in [0.3, 0.4) is 0 Å². The molecule has 2 N–H and O–H groups in total. The number of hydrogen-bond acceptors (Lipinski definition) is 8. The molecule has 2 aliphatic heterocycles. The van der Waals surface area contributed by atoms with Gasteiger partial charge in [0.25, 0.3) is 0 Å². The highest BCUT2D eigenvalue weighted by Crippen LogP contribution is 2.28. The van der Waals surface area contributed by atoms with E-state index in [2.05, 4.69) is 31.8 Å². The van der Waals surface area contributed by atoms with Crippen molar-refractivity contribution < 1.29 is 9.47 Å². The van der Waals surface area contributed by atoms with Crippen molar-refractivity contribution in [1.29, 1.82) is 0 Å². The molecule has 182 valence electrons. The van der Waals surface area contributed by atoms with Crippen molar-refractivity contribution in [2.75, 3.05) is 50.2 Å². The first-order chi connectivity index (χ1) is 16.8. The Bertz CT molecular complexity index is 1080. The van der Waals surface area contributed by atoms with Crippen LogP contribution in [0.4, 0.5) is 17.5 Å². The molecule has 0 bridgehead atoms. The summed E-state index contributed by atoms with van der Waals surface area (Å²) in [4.78, 5) is 7.46. The fraction of sp³-hybridized carbons (Fsp3) is 0.625. The Hall–Kier alpha value is -2.69. The molecule has 34 heavy (non-hydrogen) atoms. The number of nitrogens with one attached hydrogen (secondary N) is 2. The van der Waals surface area contributed by atoms with Crippen LogP contribution < -0.4 is 10.6 Å². The van der Waals surface area contributed by atoms with E-state index >= 15 is 0 Å². The summed E-state index contributed by atoms with van der Waals surface area (Å²) >= 11 is 0. The third kappa shape index (κ3) is 4.75. The molecule has 3 fully saturated rings. The highest BCUT2D eigenvalue weighted by molar-refractivity contribution is 5.69. The molecule has 1 saturated carbocycles. The molecule has 5 heterocycles. The lowest BCUT2D eigenvalue weighted by molar-refractivity contribution is 0.00791. The number of nitrogens with zero attached hydrogens (tertiary/aromatic N) is 6. The summed E-state index contributed by atoms with van der Waals surface area (Å²) in [5.41, 5.74) is 1.90. The summed E-state index contributed by atoms with van der Waals surface area (Å²) in [6, 6.07) is 5.58. The first kappa shape index (κ1) is 21.8. The normalized spacial score (nSPS) is 24.9. The van der Waals surface area contributed by atoms with Crippen LogP contribution in [0.15, 0.2) is 30.7 Å². The molecule has 0 unspecified atom stereocenters. The highest BCUT2D eigenvalue weighted by Gasteiger charge is 2.27. The van der Waals surface area contributed by atoms with Crippen molar-refractivity contribution in [1.82, 2.24) is 29.3 Å². The Balaban J connectivity index is 1.13. The molecule has 10 nitrogen and oxygen atoms in total. The van der Waals surface area contributed by atoms with Crippen molar-refractivity contribution in [3.05, 3.63) is 30.7 Å². The quantitative estimate of drug-likeness (QED) is 0.573. The largest absolute Gasteiger partial charge is 0.381 e. The molecule has 0 amide bonds. The number of anilines is 3. The van der Waals surface area contributed by atoms with Crippen molar-refractivity contribution in [3.63, 3.8) is 0 Å². The van der Waals surface area contributed by atoms with Crippen molar-refractivity contribution in [2.45, 2.75) is 56.7 Å². The number of morpholine rings is 1. The smallest absolute Gasteiger partial charge is 0.247 e. The first-order valence-electron chi connectivity index (χ1n) is 12.6. The zero-order valence-electron chi connectivity index (χ0n) is 19.6. The molecule has 2 saturated heterocycles. The van der Waals surface area contributed by atoms with Gasteiger partial charge in [0.2, 0.25) is 5.95 Å². The molecule has 10 heteroatoms. The lowest BCUT2D eigenvalue weighted by Crippen LogP contribution is -2.46. The molecule has 0 spiro atoms. The van der Waals surface area contributed by atoms with E-state index in [4.69, 9.17) is 14.5 Å². The van der Waals surface area contributed by atoms with Gasteiger partial charge in [-0.15, -0.1) is 5.10 Å². The SMILES string of the molecule is c1cc2c(N[C@H]3CC[C@H](N4CCOCC4)CC3)nc(Nc3cnn(C4CCOCC4)c3)nn2c1. The van der Waals surface area contributed by atoms with E-state index < -0.39 is 0 Å². The second-order valence-corrected chi connectivity index (χ2v) is 9.60. The minimum absolute atomic E-state index is 0.391. The average Bonchev–Trinajstić information content (AvgIpc) is 3.56. The monoisotopic (exact) mass is 466 g/mol. The van der Waals surface area contributed by atoms with Gasteiger partial charge in [-0.25, -0.2) is 4.52 Å². The van der Waals surface area contributed by atoms with Crippen LogP contribution in [0.25, 0.3) is 5.52 Å². The summed E-state index contributed by atoms with van der Waals surface area (Å²) in [5.74, 6) is 1.45. The van der Waals surface area contributed by atoms with Gasteiger partial charge in [0.15, 0.2) is 5.82 Å². The molecule has 1 aliphatic carbocycles. The van der Waals surface area contributed by atoms with Gasteiger partial charge in [0.05, 0.1) is 31.1 Å². The fourth-order valence-electron chi connectivity index (χ4n) is 5.50. The number of aromatic nitrogens is 5. The van der Waals surface area contributed by atoms with Crippen LogP contribution in [0, 0.1) is 0 Å². The number of fused-ring (bicyclic) bond motifs is 1. The standard InChI is InChI=1S/C24H34N8O2/c1-2-22-23(26-18-3-5-20(6-4-18)30-10-14-34-15-11-30)28-24(29-31(22)9-1)27-19-16-25-32(17-19)21-7-12-33-13-8-21/h1-2,9,16-18,20-21H,3-8,10-15H2,(H2,26,27,28,29)/t18-,20-. The van der Waals surface area contributed by atoms with Gasteiger partial charge in [-0.2, -0.15) is 10.1 Å². The molecule has 3 aliphatic rings. The molecule has 0 radical (unpaired) electrons. The maximum absolute atomic E-state index is 5.52. The Morgan fingerprint density at radius 3 is 2.53 bits per heavy atom. The van der Waals surface area contributed by atoms with Crippen LogP contribution in [-0.4, -0.2) is 80.9 Å². The fourth-order valence-corrected chi connectivity index (χ4v) is 5.50. The van der Waals surface area contributed by atoms with Gasteiger partial charge in [-0.1, -0.05) is 0 Å². The average molecular weight is 467 g/mol. The molecule has 3 aromatic rings. The number of ether oxygens (including phenoxy) is 2. The van der Waals surface area contributed by atoms with E-state index in [1.807, 2.05) is 33.9 Å². The van der Waals surface area contributed by atoms with Crippen LogP contribution >= 0.6 is 0 Å². The summed E-state index contributed by atoms with van der Waals surface area (Å²) in [6.45, 7) is 5.47. The molecular weight excluding hydrogens is 432 g/mol. The maximum atomic E-state index is 5.52. The van der Waals surface area contributed by atoms with Crippen molar-refractivity contribution in [3.8, 4) is 0 Å². The second kappa shape index (κ2) is 9.89. The van der Waals surface area contributed by atoms with E-state index in [1.54, 1.807) is 0 Å². The topological polar surface area (TPSA) is 93.8 Å². The predicted octanol–water partition coefficient (Wildman–Crippen LogP) is 3.08. The van der Waals surface area contributed by atoms with Crippen molar-refractivity contribution >= 4 is 23.0 Å². The zero-order valence-corrected chi connectivity index (χ0v) is 19.6. The molecule has 0 atom stereocenters. The third-order valence-electron chi connectivity index (χ3n) is 7.41. The molecular formula is C24H34N8O2. The minimum atomic E-state index is 0.391. The van der Waals surface area contributed by atoms with Crippen LogP contribution in [0.5, 0.6) is 0 Å². The van der Waals surface area contributed by atoms with Gasteiger partial charge in [-0.05, 0) is 50.7 Å². The van der Waals surface area contributed by atoms with Gasteiger partial charge >= 0.3 is 0 Å². The second-order valence-electron chi connectivity index (χ2n) is 9.60. The lowest BCUT2D eigenvalue weighted by atomic mass is 9.90. The van der Waals surface area contributed by atoms with Gasteiger partial charge in [-0.3, -0.25) is 9.58 Å².